The fourth-order valence-electron chi connectivity index (χ4n) is 2.00. The van der Waals surface area contributed by atoms with Crippen LogP contribution in [0.15, 0.2) is 47.1 Å². The van der Waals surface area contributed by atoms with Gasteiger partial charge in [0.05, 0.1) is 19.4 Å². The summed E-state index contributed by atoms with van der Waals surface area (Å²) in [6, 6.07) is 12.1. The first-order valence-corrected chi connectivity index (χ1v) is 6.67. The quantitative estimate of drug-likeness (QED) is 0.848. The van der Waals surface area contributed by atoms with Gasteiger partial charge in [0, 0.05) is 18.5 Å². The SMILES string of the molecule is CN(Cc1cccc(C#CCCO)c1)Cc1ccco1. The molecule has 1 aromatic carbocycles. The van der Waals surface area contributed by atoms with E-state index >= 15 is 0 Å². The van der Waals surface area contributed by atoms with Gasteiger partial charge in [-0.05, 0) is 36.9 Å². The van der Waals surface area contributed by atoms with Crippen molar-refractivity contribution < 1.29 is 9.52 Å². The number of furan rings is 1. The standard InChI is InChI=1S/C17H19NO2/c1-18(14-17-9-5-11-20-17)13-16-8-4-7-15(12-16)6-2-3-10-19/h4-5,7-9,11-12,19H,3,10,13-14H2,1H3. The summed E-state index contributed by atoms with van der Waals surface area (Å²) in [5.74, 6) is 6.96. The summed E-state index contributed by atoms with van der Waals surface area (Å²) in [6.07, 6.45) is 2.21. The molecule has 2 aromatic rings. The summed E-state index contributed by atoms with van der Waals surface area (Å²) in [4.78, 5) is 2.19. The molecule has 0 aliphatic heterocycles. The van der Waals surface area contributed by atoms with Crippen LogP contribution < -0.4 is 0 Å². The molecule has 1 N–H and O–H groups in total. The van der Waals surface area contributed by atoms with Gasteiger partial charge in [0.2, 0.25) is 0 Å². The molecule has 0 spiro atoms. The molecule has 3 nitrogen and oxygen atoms in total. The monoisotopic (exact) mass is 269 g/mol. The number of rotatable bonds is 5. The van der Waals surface area contributed by atoms with Crippen LogP contribution in [0.2, 0.25) is 0 Å². The fraction of sp³-hybridized carbons (Fsp3) is 0.294. The van der Waals surface area contributed by atoms with Crippen molar-refractivity contribution in [2.75, 3.05) is 13.7 Å². The highest BCUT2D eigenvalue weighted by atomic mass is 16.3. The number of benzene rings is 1. The van der Waals surface area contributed by atoms with Crippen LogP contribution in [0, 0.1) is 11.8 Å². The molecule has 1 aromatic heterocycles. The maximum Gasteiger partial charge on any atom is 0.117 e. The van der Waals surface area contributed by atoms with E-state index in [1.807, 2.05) is 24.3 Å². The number of hydrogen-bond acceptors (Lipinski definition) is 3. The number of nitrogens with zero attached hydrogens (tertiary/aromatic N) is 1. The number of aliphatic hydroxyl groups is 1. The molecule has 3 heteroatoms. The molecule has 0 saturated heterocycles. The molecular weight excluding hydrogens is 250 g/mol. The molecule has 0 aliphatic carbocycles. The van der Waals surface area contributed by atoms with Crippen LogP contribution >= 0.6 is 0 Å². The van der Waals surface area contributed by atoms with E-state index in [0.29, 0.717) is 6.42 Å². The van der Waals surface area contributed by atoms with Crippen molar-refractivity contribution in [3.05, 3.63) is 59.5 Å². The normalized spacial score (nSPS) is 10.3. The summed E-state index contributed by atoms with van der Waals surface area (Å²) in [7, 11) is 2.06. The van der Waals surface area contributed by atoms with E-state index in [2.05, 4.69) is 35.9 Å². The van der Waals surface area contributed by atoms with Crippen molar-refractivity contribution in [1.29, 1.82) is 0 Å². The van der Waals surface area contributed by atoms with Gasteiger partial charge in [0.15, 0.2) is 0 Å². The third-order valence-corrected chi connectivity index (χ3v) is 2.85. The van der Waals surface area contributed by atoms with Crippen molar-refractivity contribution in [3.8, 4) is 11.8 Å². The molecule has 0 bridgehead atoms. The van der Waals surface area contributed by atoms with E-state index in [1.54, 1.807) is 6.26 Å². The van der Waals surface area contributed by atoms with Gasteiger partial charge in [0.25, 0.3) is 0 Å². The molecule has 104 valence electrons. The van der Waals surface area contributed by atoms with Gasteiger partial charge < -0.3 is 9.52 Å². The predicted molar refractivity (Wildman–Crippen MR) is 78.9 cm³/mol. The molecule has 20 heavy (non-hydrogen) atoms. The smallest absolute Gasteiger partial charge is 0.117 e. The minimum Gasteiger partial charge on any atom is -0.468 e. The third-order valence-electron chi connectivity index (χ3n) is 2.85. The van der Waals surface area contributed by atoms with Crippen LogP contribution in [0.25, 0.3) is 0 Å². The van der Waals surface area contributed by atoms with Crippen molar-refractivity contribution in [3.63, 3.8) is 0 Å². The van der Waals surface area contributed by atoms with E-state index in [0.717, 1.165) is 24.4 Å². The second-order valence-corrected chi connectivity index (χ2v) is 4.73. The Hall–Kier alpha value is -2.02. The molecule has 0 radical (unpaired) electrons. The van der Waals surface area contributed by atoms with Gasteiger partial charge >= 0.3 is 0 Å². The molecule has 0 aliphatic rings. The minimum absolute atomic E-state index is 0.110. The molecule has 0 atom stereocenters. The zero-order valence-electron chi connectivity index (χ0n) is 11.7. The van der Waals surface area contributed by atoms with Crippen LogP contribution in [0.4, 0.5) is 0 Å². The lowest BCUT2D eigenvalue weighted by Crippen LogP contribution is -2.16. The van der Waals surface area contributed by atoms with E-state index in [-0.39, 0.29) is 6.61 Å². The molecular formula is C17H19NO2. The van der Waals surface area contributed by atoms with Crippen molar-refractivity contribution in [1.82, 2.24) is 4.90 Å². The van der Waals surface area contributed by atoms with Crippen LogP contribution in [-0.4, -0.2) is 23.7 Å². The Bertz CT molecular complexity index is 579. The average Bonchev–Trinajstić information content (AvgIpc) is 2.92. The largest absolute Gasteiger partial charge is 0.468 e. The first kappa shape index (κ1) is 14.4. The van der Waals surface area contributed by atoms with Gasteiger partial charge in [-0.3, -0.25) is 4.90 Å². The summed E-state index contributed by atoms with van der Waals surface area (Å²) in [5.41, 5.74) is 2.21. The maximum absolute atomic E-state index is 8.72. The summed E-state index contributed by atoms with van der Waals surface area (Å²) in [5, 5.41) is 8.72. The Balaban J connectivity index is 1.95. The van der Waals surface area contributed by atoms with Crippen molar-refractivity contribution in [2.45, 2.75) is 19.5 Å². The molecule has 0 unspecified atom stereocenters. The Morgan fingerprint density at radius 1 is 1.20 bits per heavy atom. The topological polar surface area (TPSA) is 36.6 Å². The minimum atomic E-state index is 0.110. The van der Waals surface area contributed by atoms with Gasteiger partial charge in [-0.1, -0.05) is 24.0 Å². The van der Waals surface area contributed by atoms with E-state index in [9.17, 15) is 0 Å². The molecule has 2 rings (SSSR count). The van der Waals surface area contributed by atoms with Crippen LogP contribution in [0.3, 0.4) is 0 Å². The van der Waals surface area contributed by atoms with Crippen LogP contribution in [0.1, 0.15) is 23.3 Å². The average molecular weight is 269 g/mol. The second-order valence-electron chi connectivity index (χ2n) is 4.73. The number of hydrogen-bond donors (Lipinski definition) is 1. The van der Waals surface area contributed by atoms with E-state index < -0.39 is 0 Å². The highest BCUT2D eigenvalue weighted by Gasteiger charge is 2.04. The highest BCUT2D eigenvalue weighted by molar-refractivity contribution is 5.37. The van der Waals surface area contributed by atoms with E-state index in [4.69, 9.17) is 9.52 Å². The van der Waals surface area contributed by atoms with Crippen molar-refractivity contribution >= 4 is 0 Å². The fourth-order valence-corrected chi connectivity index (χ4v) is 2.00. The maximum atomic E-state index is 8.72. The van der Waals surface area contributed by atoms with Gasteiger partial charge in [-0.2, -0.15) is 0 Å². The lowest BCUT2D eigenvalue weighted by atomic mass is 10.1. The summed E-state index contributed by atoms with van der Waals surface area (Å²) >= 11 is 0. The Labute approximate surface area is 119 Å². The van der Waals surface area contributed by atoms with Crippen LogP contribution in [0.5, 0.6) is 0 Å². The van der Waals surface area contributed by atoms with Gasteiger partial charge in [0.1, 0.15) is 5.76 Å². The summed E-state index contributed by atoms with van der Waals surface area (Å²) < 4.78 is 5.34. The Kier molecular flexibility index (Phi) is 5.43. The van der Waals surface area contributed by atoms with E-state index in [1.165, 1.54) is 5.56 Å². The third kappa shape index (κ3) is 4.58. The second kappa shape index (κ2) is 7.54. The van der Waals surface area contributed by atoms with Crippen LogP contribution in [-0.2, 0) is 13.1 Å². The first-order chi connectivity index (χ1) is 9.78. The molecule has 0 fully saturated rings. The lowest BCUT2D eigenvalue weighted by Gasteiger charge is -2.15. The lowest BCUT2D eigenvalue weighted by molar-refractivity contribution is 0.288. The van der Waals surface area contributed by atoms with Gasteiger partial charge in [-0.25, -0.2) is 0 Å². The molecule has 1 heterocycles. The zero-order valence-corrected chi connectivity index (χ0v) is 11.7. The summed E-state index contributed by atoms with van der Waals surface area (Å²) in [6.45, 7) is 1.74. The highest BCUT2D eigenvalue weighted by Crippen LogP contribution is 2.10. The number of aliphatic hydroxyl groups excluding tert-OH is 1. The van der Waals surface area contributed by atoms with Gasteiger partial charge in [-0.15, -0.1) is 0 Å². The Morgan fingerprint density at radius 2 is 2.10 bits per heavy atom. The molecule has 0 amide bonds. The zero-order chi connectivity index (χ0) is 14.2. The Morgan fingerprint density at radius 3 is 2.85 bits per heavy atom. The van der Waals surface area contributed by atoms with Crippen molar-refractivity contribution in [2.24, 2.45) is 0 Å². The predicted octanol–water partition coefficient (Wildman–Crippen LogP) is 2.65. The first-order valence-electron chi connectivity index (χ1n) is 6.67. The molecule has 0 saturated carbocycles.